The fourth-order valence-electron chi connectivity index (χ4n) is 3.42. The van der Waals surface area contributed by atoms with E-state index < -0.39 is 0 Å². The van der Waals surface area contributed by atoms with Gasteiger partial charge in [-0.3, -0.25) is 9.69 Å². The van der Waals surface area contributed by atoms with Gasteiger partial charge in [0, 0.05) is 30.8 Å². The van der Waals surface area contributed by atoms with Gasteiger partial charge in [-0.25, -0.2) is 0 Å². The highest BCUT2D eigenvalue weighted by atomic mass is 16.5. The first kappa shape index (κ1) is 17.1. The van der Waals surface area contributed by atoms with Gasteiger partial charge in [-0.2, -0.15) is 10.2 Å². The molecule has 27 heavy (non-hydrogen) atoms. The summed E-state index contributed by atoms with van der Waals surface area (Å²) in [5.74, 6) is 1.62. The van der Waals surface area contributed by atoms with Crippen LogP contribution in [0.3, 0.4) is 0 Å². The Balaban J connectivity index is 1.79. The molecule has 0 fully saturated rings. The Morgan fingerprint density at radius 2 is 1.85 bits per heavy atom. The van der Waals surface area contributed by atoms with Gasteiger partial charge in [-0.05, 0) is 30.3 Å². The van der Waals surface area contributed by atoms with E-state index in [1.165, 1.54) is 0 Å². The van der Waals surface area contributed by atoms with Crippen molar-refractivity contribution in [3.8, 4) is 11.5 Å². The zero-order chi connectivity index (χ0) is 18.8. The maximum absolute atomic E-state index is 5.64. The number of methoxy groups -OCH3 is 2. The van der Waals surface area contributed by atoms with Crippen LogP contribution in [-0.2, 0) is 7.05 Å². The van der Waals surface area contributed by atoms with Gasteiger partial charge in [0.25, 0.3) is 0 Å². The van der Waals surface area contributed by atoms with E-state index in [1.807, 2.05) is 55.8 Å². The minimum absolute atomic E-state index is 0.00709. The molecular weight excluding hydrogens is 340 g/mol. The molecule has 0 spiro atoms. The van der Waals surface area contributed by atoms with Gasteiger partial charge >= 0.3 is 0 Å². The summed E-state index contributed by atoms with van der Waals surface area (Å²) in [5, 5.41) is 11.3. The normalized spacial score (nSPS) is 16.3. The van der Waals surface area contributed by atoms with Crippen LogP contribution in [0, 0.1) is 0 Å². The second-order valence-electron chi connectivity index (χ2n) is 6.46. The van der Waals surface area contributed by atoms with Crippen molar-refractivity contribution in [3.63, 3.8) is 0 Å². The van der Waals surface area contributed by atoms with E-state index in [2.05, 4.69) is 22.2 Å². The molecule has 4 rings (SSSR count). The first-order valence-electron chi connectivity index (χ1n) is 8.82. The van der Waals surface area contributed by atoms with Crippen LogP contribution in [0.1, 0.15) is 23.6 Å². The van der Waals surface area contributed by atoms with Gasteiger partial charge < -0.3 is 9.47 Å². The number of rotatable bonds is 5. The van der Waals surface area contributed by atoms with Gasteiger partial charge in [-0.15, -0.1) is 0 Å². The third kappa shape index (κ3) is 3.26. The maximum Gasteiger partial charge on any atom is 0.124 e. The number of aryl methyl sites for hydroxylation is 1. The summed E-state index contributed by atoms with van der Waals surface area (Å²) in [6.07, 6.45) is 4.60. The smallest absolute Gasteiger partial charge is 0.124 e. The van der Waals surface area contributed by atoms with Crippen molar-refractivity contribution < 1.29 is 9.47 Å². The van der Waals surface area contributed by atoms with E-state index in [4.69, 9.17) is 14.6 Å². The van der Waals surface area contributed by atoms with Crippen LogP contribution in [0.5, 0.6) is 11.5 Å². The SMILES string of the molecule is COc1ccc(OC)c([C@H]2CC(c3cnn(C)c3)=NN2c2ccccc2)c1. The topological polar surface area (TPSA) is 51.9 Å². The average Bonchev–Trinajstić information content (AvgIpc) is 3.34. The molecule has 0 N–H and O–H groups in total. The van der Waals surface area contributed by atoms with Gasteiger partial charge in [0.2, 0.25) is 0 Å². The highest BCUT2D eigenvalue weighted by Crippen LogP contribution is 2.41. The van der Waals surface area contributed by atoms with Crippen molar-refractivity contribution in [2.24, 2.45) is 12.1 Å². The molecule has 0 saturated carbocycles. The molecule has 1 aromatic heterocycles. The van der Waals surface area contributed by atoms with Crippen LogP contribution in [0.4, 0.5) is 5.69 Å². The number of para-hydroxylation sites is 1. The molecule has 0 unspecified atom stereocenters. The summed E-state index contributed by atoms with van der Waals surface area (Å²) in [5.41, 5.74) is 4.11. The number of hydrazone groups is 1. The molecule has 1 aliphatic rings. The summed E-state index contributed by atoms with van der Waals surface area (Å²) in [4.78, 5) is 0. The van der Waals surface area contributed by atoms with Crippen molar-refractivity contribution >= 4 is 11.4 Å². The highest BCUT2D eigenvalue weighted by Gasteiger charge is 2.32. The quantitative estimate of drug-likeness (QED) is 0.693. The number of nitrogens with zero attached hydrogens (tertiary/aromatic N) is 4. The van der Waals surface area contributed by atoms with E-state index in [9.17, 15) is 0 Å². The van der Waals surface area contributed by atoms with Gasteiger partial charge in [0.1, 0.15) is 11.5 Å². The fraction of sp³-hybridized carbons (Fsp3) is 0.238. The Kier molecular flexibility index (Phi) is 4.54. The van der Waals surface area contributed by atoms with Gasteiger partial charge in [-0.1, -0.05) is 18.2 Å². The molecule has 138 valence electrons. The monoisotopic (exact) mass is 362 g/mol. The van der Waals surface area contributed by atoms with E-state index in [1.54, 1.807) is 18.9 Å². The van der Waals surface area contributed by atoms with E-state index in [0.717, 1.165) is 40.4 Å². The number of benzene rings is 2. The molecule has 2 aromatic carbocycles. The second kappa shape index (κ2) is 7.15. The number of aromatic nitrogens is 2. The molecule has 0 bridgehead atoms. The minimum Gasteiger partial charge on any atom is -0.497 e. The van der Waals surface area contributed by atoms with Crippen molar-refractivity contribution in [2.45, 2.75) is 12.5 Å². The summed E-state index contributed by atoms with van der Waals surface area (Å²) in [6.45, 7) is 0. The molecule has 2 heterocycles. The van der Waals surface area contributed by atoms with Crippen LogP contribution in [-0.4, -0.2) is 29.7 Å². The Bertz CT molecular complexity index is 965. The number of ether oxygens (including phenoxy) is 2. The predicted octanol–water partition coefficient (Wildman–Crippen LogP) is 3.79. The van der Waals surface area contributed by atoms with Crippen molar-refractivity contribution in [1.82, 2.24) is 9.78 Å². The van der Waals surface area contributed by atoms with E-state index in [-0.39, 0.29) is 6.04 Å². The number of hydrogen-bond acceptors (Lipinski definition) is 5. The molecular formula is C21H22N4O2. The summed E-state index contributed by atoms with van der Waals surface area (Å²) < 4.78 is 12.9. The van der Waals surface area contributed by atoms with Crippen molar-refractivity contribution in [1.29, 1.82) is 0 Å². The highest BCUT2D eigenvalue weighted by molar-refractivity contribution is 6.03. The van der Waals surface area contributed by atoms with Crippen LogP contribution in [0.25, 0.3) is 0 Å². The molecule has 1 atom stereocenters. The Morgan fingerprint density at radius 1 is 1.04 bits per heavy atom. The molecule has 0 radical (unpaired) electrons. The minimum atomic E-state index is 0.00709. The zero-order valence-electron chi connectivity index (χ0n) is 15.7. The summed E-state index contributed by atoms with van der Waals surface area (Å²) in [7, 11) is 5.28. The van der Waals surface area contributed by atoms with Crippen LogP contribution >= 0.6 is 0 Å². The first-order valence-corrected chi connectivity index (χ1v) is 8.82. The summed E-state index contributed by atoms with van der Waals surface area (Å²) >= 11 is 0. The fourth-order valence-corrected chi connectivity index (χ4v) is 3.42. The van der Waals surface area contributed by atoms with E-state index in [0.29, 0.717) is 0 Å². The number of anilines is 1. The largest absolute Gasteiger partial charge is 0.497 e. The molecule has 6 heteroatoms. The van der Waals surface area contributed by atoms with Crippen molar-refractivity contribution in [3.05, 3.63) is 72.1 Å². The lowest BCUT2D eigenvalue weighted by Crippen LogP contribution is -2.19. The third-order valence-electron chi connectivity index (χ3n) is 4.77. The molecule has 1 aliphatic heterocycles. The zero-order valence-corrected chi connectivity index (χ0v) is 15.7. The van der Waals surface area contributed by atoms with Gasteiger partial charge in [0.15, 0.2) is 0 Å². The van der Waals surface area contributed by atoms with Crippen molar-refractivity contribution in [2.75, 3.05) is 19.2 Å². The lowest BCUT2D eigenvalue weighted by atomic mass is 9.98. The van der Waals surface area contributed by atoms with Gasteiger partial charge in [0.05, 0.1) is 37.9 Å². The van der Waals surface area contributed by atoms with E-state index >= 15 is 0 Å². The van der Waals surface area contributed by atoms with Crippen LogP contribution < -0.4 is 14.5 Å². The second-order valence-corrected chi connectivity index (χ2v) is 6.46. The first-order chi connectivity index (χ1) is 13.2. The lowest BCUT2D eigenvalue weighted by Gasteiger charge is -2.25. The molecule has 0 saturated heterocycles. The number of hydrogen-bond donors (Lipinski definition) is 0. The molecule has 6 nitrogen and oxygen atoms in total. The Morgan fingerprint density at radius 3 is 2.52 bits per heavy atom. The summed E-state index contributed by atoms with van der Waals surface area (Å²) in [6, 6.07) is 16.1. The molecule has 0 aliphatic carbocycles. The average molecular weight is 362 g/mol. The Labute approximate surface area is 158 Å². The lowest BCUT2D eigenvalue weighted by molar-refractivity contribution is 0.395. The maximum atomic E-state index is 5.64. The van der Waals surface area contributed by atoms with Crippen LogP contribution in [0.15, 0.2) is 66.0 Å². The third-order valence-corrected chi connectivity index (χ3v) is 4.77. The molecule has 3 aromatic rings. The molecule has 0 amide bonds. The predicted molar refractivity (Wildman–Crippen MR) is 106 cm³/mol. The van der Waals surface area contributed by atoms with Crippen LogP contribution in [0.2, 0.25) is 0 Å². The Hall–Kier alpha value is -3.28. The standard InChI is InChI=1S/C21H22N4O2/c1-24-14-15(13-22-24)19-12-20(25(23-19)16-7-5-4-6-8-16)18-11-17(26-2)9-10-21(18)27-3/h4-11,13-14,20H,12H2,1-3H3/t20-/m1/s1.